The molecule has 2 aromatic carbocycles. The monoisotopic (exact) mass is 450 g/mol. The van der Waals surface area contributed by atoms with Gasteiger partial charge in [0.1, 0.15) is 28.2 Å². The molecule has 0 aliphatic rings. The lowest BCUT2D eigenvalue weighted by Gasteiger charge is -2.09. The third-order valence-corrected chi connectivity index (χ3v) is 5.51. The molecule has 4 aromatic rings. The van der Waals surface area contributed by atoms with E-state index in [9.17, 15) is 14.7 Å². The van der Waals surface area contributed by atoms with Gasteiger partial charge in [0, 0.05) is 19.1 Å². The summed E-state index contributed by atoms with van der Waals surface area (Å²) in [6, 6.07) is 11.9. The number of hydrogen-bond acceptors (Lipinski definition) is 9. The molecule has 0 radical (unpaired) electrons. The molecule has 0 atom stereocenters. The molecule has 2 heterocycles. The molecule has 10 heteroatoms. The van der Waals surface area contributed by atoms with Gasteiger partial charge in [0.25, 0.3) is 0 Å². The second-order valence-corrected chi connectivity index (χ2v) is 7.73. The average Bonchev–Trinajstić information content (AvgIpc) is 3.19. The van der Waals surface area contributed by atoms with E-state index in [1.54, 1.807) is 6.92 Å². The van der Waals surface area contributed by atoms with Gasteiger partial charge in [0.05, 0.1) is 24.6 Å². The highest BCUT2D eigenvalue weighted by Crippen LogP contribution is 2.33. The van der Waals surface area contributed by atoms with Crippen molar-refractivity contribution < 1.29 is 19.1 Å². The number of rotatable bonds is 5. The Morgan fingerprint density at radius 3 is 2.72 bits per heavy atom. The molecule has 0 fully saturated rings. The Labute approximate surface area is 185 Å². The van der Waals surface area contributed by atoms with Gasteiger partial charge in [-0.1, -0.05) is 29.5 Å². The summed E-state index contributed by atoms with van der Waals surface area (Å²) in [6.07, 6.45) is 1.27. The maximum atomic E-state index is 12.5. The van der Waals surface area contributed by atoms with Crippen LogP contribution in [0.1, 0.15) is 28.0 Å². The number of methoxy groups -OCH3 is 1. The third kappa shape index (κ3) is 3.95. The van der Waals surface area contributed by atoms with Crippen LogP contribution in [-0.2, 0) is 0 Å². The highest BCUT2D eigenvalue weighted by atomic mass is 32.1. The molecule has 0 unspecified atom stereocenters. The number of para-hydroxylation sites is 1. The first-order chi connectivity index (χ1) is 15.4. The van der Waals surface area contributed by atoms with Crippen LogP contribution in [0.5, 0.6) is 11.5 Å². The largest absolute Gasteiger partial charge is 0.507 e. The van der Waals surface area contributed by atoms with Crippen molar-refractivity contribution in [1.82, 2.24) is 9.78 Å². The molecule has 2 aromatic heterocycles. The fourth-order valence-electron chi connectivity index (χ4n) is 3.11. The average molecular weight is 450 g/mol. The first kappa shape index (κ1) is 21.2. The Morgan fingerprint density at radius 1 is 1.28 bits per heavy atom. The number of aryl methyl sites for hydroxylation is 1. The number of Topliss-reactive ketones (excluding diaryl/α,β-unsaturated/α-hetero) is 1. The summed E-state index contributed by atoms with van der Waals surface area (Å²) in [5.74, 6) is 0.155. The van der Waals surface area contributed by atoms with Crippen LogP contribution in [0.15, 0.2) is 61.9 Å². The summed E-state index contributed by atoms with van der Waals surface area (Å²) in [7, 11) is 1.38. The standard InChI is InChI=1S/C22H18N4O5S/c1-12-9-17(29)19-18(31-12)10-16(28)15(20(19)30-3)11-23-24-22-26(14-7-5-4-6-8-14)25-21(32-22)13(2)27/h4-11,28H,1-3H3/b23-11+,24-22+. The second kappa shape index (κ2) is 8.60. The number of nitrogens with zero attached hydrogens (tertiary/aromatic N) is 4. The number of hydrogen-bond donors (Lipinski definition) is 1. The number of phenolic OH excluding ortho intramolecular Hbond substituents is 1. The van der Waals surface area contributed by atoms with Gasteiger partial charge in [0.2, 0.25) is 4.80 Å². The quantitative estimate of drug-likeness (QED) is 0.283. The van der Waals surface area contributed by atoms with Crippen LogP contribution in [-0.4, -0.2) is 34.0 Å². The van der Waals surface area contributed by atoms with Crippen LogP contribution < -0.4 is 15.0 Å². The molecule has 0 aliphatic heterocycles. The zero-order chi connectivity index (χ0) is 22.8. The van der Waals surface area contributed by atoms with Crippen LogP contribution in [0, 0.1) is 6.92 Å². The maximum absolute atomic E-state index is 12.5. The van der Waals surface area contributed by atoms with Crippen molar-refractivity contribution in [3.63, 3.8) is 0 Å². The number of ether oxygens (including phenoxy) is 1. The lowest BCUT2D eigenvalue weighted by molar-refractivity contribution is 0.101. The number of phenols is 1. The number of fused-ring (bicyclic) bond motifs is 1. The normalized spacial score (nSPS) is 12.0. The number of aromatic hydroxyl groups is 1. The van der Waals surface area contributed by atoms with Gasteiger partial charge in [-0.05, 0) is 19.1 Å². The van der Waals surface area contributed by atoms with E-state index < -0.39 is 0 Å². The van der Waals surface area contributed by atoms with Gasteiger partial charge in [-0.2, -0.15) is 10.2 Å². The van der Waals surface area contributed by atoms with E-state index in [4.69, 9.17) is 9.15 Å². The number of carbonyl (C=O) groups is 1. The Bertz CT molecular complexity index is 1480. The van der Waals surface area contributed by atoms with Gasteiger partial charge >= 0.3 is 0 Å². The summed E-state index contributed by atoms with van der Waals surface area (Å²) >= 11 is 1.08. The van der Waals surface area contributed by atoms with Crippen molar-refractivity contribution in [2.24, 2.45) is 10.2 Å². The first-order valence-electron chi connectivity index (χ1n) is 9.47. The molecule has 0 spiro atoms. The van der Waals surface area contributed by atoms with Crippen molar-refractivity contribution >= 4 is 34.3 Å². The predicted molar refractivity (Wildman–Crippen MR) is 120 cm³/mol. The number of benzene rings is 2. The third-order valence-electron chi connectivity index (χ3n) is 4.51. The Hall–Kier alpha value is -4.05. The Kier molecular flexibility index (Phi) is 5.69. The van der Waals surface area contributed by atoms with E-state index in [0.717, 1.165) is 11.3 Å². The van der Waals surface area contributed by atoms with E-state index in [2.05, 4.69) is 15.3 Å². The fourth-order valence-corrected chi connectivity index (χ4v) is 3.87. The minimum absolute atomic E-state index is 0.123. The molecule has 0 saturated heterocycles. The topological polar surface area (TPSA) is 119 Å². The molecular weight excluding hydrogens is 432 g/mol. The number of ketones is 1. The first-order valence-corrected chi connectivity index (χ1v) is 10.3. The minimum Gasteiger partial charge on any atom is -0.507 e. The smallest absolute Gasteiger partial charge is 0.233 e. The molecule has 0 saturated carbocycles. The van der Waals surface area contributed by atoms with Gasteiger partial charge in [-0.15, -0.1) is 5.10 Å². The predicted octanol–water partition coefficient (Wildman–Crippen LogP) is 3.20. The van der Waals surface area contributed by atoms with E-state index in [1.807, 2.05) is 30.3 Å². The van der Waals surface area contributed by atoms with E-state index >= 15 is 0 Å². The summed E-state index contributed by atoms with van der Waals surface area (Å²) < 4.78 is 12.4. The van der Waals surface area contributed by atoms with Gasteiger partial charge in [0.15, 0.2) is 16.2 Å². The molecule has 162 valence electrons. The zero-order valence-electron chi connectivity index (χ0n) is 17.4. The van der Waals surface area contributed by atoms with Gasteiger partial charge in [-0.3, -0.25) is 9.59 Å². The lowest BCUT2D eigenvalue weighted by Crippen LogP contribution is -2.13. The van der Waals surface area contributed by atoms with Crippen LogP contribution in [0.2, 0.25) is 0 Å². The van der Waals surface area contributed by atoms with E-state index in [0.29, 0.717) is 16.2 Å². The number of carbonyl (C=O) groups excluding carboxylic acids is 1. The summed E-state index contributed by atoms with van der Waals surface area (Å²) in [5.41, 5.74) is 0.781. The molecule has 0 bridgehead atoms. The SMILES string of the molecule is COc1c(/C=N/N=c2/sc(C(C)=O)nn2-c2ccccc2)c(O)cc2oc(C)cc(=O)c12. The maximum Gasteiger partial charge on any atom is 0.233 e. The fraction of sp³-hybridized carbons (Fsp3) is 0.136. The van der Waals surface area contributed by atoms with E-state index in [1.165, 1.54) is 37.1 Å². The van der Waals surface area contributed by atoms with Crippen LogP contribution in [0.3, 0.4) is 0 Å². The van der Waals surface area contributed by atoms with Gasteiger partial charge < -0.3 is 14.3 Å². The van der Waals surface area contributed by atoms with Crippen molar-refractivity contribution in [2.45, 2.75) is 13.8 Å². The summed E-state index contributed by atoms with van der Waals surface area (Å²) in [4.78, 5) is 24.6. The minimum atomic E-state index is -0.303. The molecule has 1 N–H and O–H groups in total. The Morgan fingerprint density at radius 2 is 2.03 bits per heavy atom. The van der Waals surface area contributed by atoms with Crippen LogP contribution in [0.25, 0.3) is 16.7 Å². The van der Waals surface area contributed by atoms with Crippen molar-refractivity contribution in [3.8, 4) is 17.2 Å². The Balaban J connectivity index is 1.85. The molecular formula is C22H18N4O5S. The molecule has 0 aliphatic carbocycles. The molecule has 9 nitrogen and oxygen atoms in total. The molecule has 4 rings (SSSR count). The highest BCUT2D eigenvalue weighted by molar-refractivity contribution is 7.10. The van der Waals surface area contributed by atoms with Crippen molar-refractivity contribution in [3.05, 3.63) is 73.8 Å². The van der Waals surface area contributed by atoms with Crippen molar-refractivity contribution in [1.29, 1.82) is 0 Å². The second-order valence-electron chi connectivity index (χ2n) is 6.77. The highest BCUT2D eigenvalue weighted by Gasteiger charge is 2.17. The lowest BCUT2D eigenvalue weighted by atomic mass is 10.1. The van der Waals surface area contributed by atoms with Crippen molar-refractivity contribution in [2.75, 3.05) is 7.11 Å². The summed E-state index contributed by atoms with van der Waals surface area (Å²) in [6.45, 7) is 3.07. The van der Waals surface area contributed by atoms with Crippen LogP contribution >= 0.6 is 11.3 Å². The molecule has 0 amide bonds. The van der Waals surface area contributed by atoms with Gasteiger partial charge in [-0.25, -0.2) is 4.68 Å². The molecule has 32 heavy (non-hydrogen) atoms. The summed E-state index contributed by atoms with van der Waals surface area (Å²) in [5, 5.41) is 23.5. The number of aromatic nitrogens is 2. The zero-order valence-corrected chi connectivity index (χ0v) is 18.2. The van der Waals surface area contributed by atoms with E-state index in [-0.39, 0.29) is 44.3 Å². The van der Waals surface area contributed by atoms with Crippen LogP contribution in [0.4, 0.5) is 0 Å².